The van der Waals surface area contributed by atoms with Gasteiger partial charge in [-0.1, -0.05) is 0 Å². The Morgan fingerprint density at radius 1 is 0.684 bits per heavy atom. The molecule has 4 heteroatoms. The fourth-order valence-corrected chi connectivity index (χ4v) is 2.64. The summed E-state index contributed by atoms with van der Waals surface area (Å²) >= 11 is 0. The molecule has 92 valence electrons. The smallest absolute Gasteiger partial charge is 0.0741 e. The highest BCUT2D eigenvalue weighted by molar-refractivity contribution is 6.14. The van der Waals surface area contributed by atoms with Crippen LogP contribution in [-0.2, 0) is 0 Å². The average Bonchev–Trinajstić information content (AvgIpc) is 3.28. The highest BCUT2D eigenvalue weighted by atomic mass is 15.2. The van der Waals surface area contributed by atoms with E-state index < -0.39 is 0 Å². The van der Waals surface area contributed by atoms with E-state index in [9.17, 15) is 0 Å². The van der Waals surface area contributed by atoms with Gasteiger partial charge in [0.05, 0.1) is 11.4 Å². The van der Waals surface area contributed by atoms with E-state index in [4.69, 9.17) is 0 Å². The van der Waals surface area contributed by atoms with E-state index in [-0.39, 0.29) is 0 Å². The topological polar surface area (TPSA) is 50.5 Å². The van der Waals surface area contributed by atoms with Crippen molar-refractivity contribution in [3.05, 3.63) is 60.2 Å². The van der Waals surface area contributed by atoms with Gasteiger partial charge in [-0.2, -0.15) is 10.2 Å². The van der Waals surface area contributed by atoms with Gasteiger partial charge in [0.2, 0.25) is 0 Å². The molecule has 0 radical (unpaired) electrons. The summed E-state index contributed by atoms with van der Waals surface area (Å²) in [6, 6.07) is 8.00. The van der Waals surface area contributed by atoms with Crippen LogP contribution in [0.25, 0.3) is 0 Å². The zero-order valence-electron chi connectivity index (χ0n) is 10.3. The molecule has 1 fully saturated rings. The Balaban J connectivity index is 1.73. The maximum atomic E-state index is 4.44. The molecule has 0 N–H and O–H groups in total. The fourth-order valence-electron chi connectivity index (χ4n) is 2.64. The molecule has 0 amide bonds. The van der Waals surface area contributed by atoms with Gasteiger partial charge in [-0.15, -0.1) is 0 Å². The van der Waals surface area contributed by atoms with Crippen molar-refractivity contribution in [2.75, 3.05) is 0 Å². The van der Waals surface area contributed by atoms with Crippen LogP contribution in [0.2, 0.25) is 0 Å². The molecule has 0 bridgehead atoms. The summed E-state index contributed by atoms with van der Waals surface area (Å²) in [4.78, 5) is 8.09. The van der Waals surface area contributed by atoms with Gasteiger partial charge in [-0.3, -0.25) is 9.97 Å². The second-order valence-corrected chi connectivity index (χ2v) is 4.89. The minimum absolute atomic E-state index is 0.517. The lowest BCUT2D eigenvalue weighted by atomic mass is 10.0. The van der Waals surface area contributed by atoms with Crippen molar-refractivity contribution in [1.29, 1.82) is 0 Å². The van der Waals surface area contributed by atoms with Crippen LogP contribution in [-0.4, -0.2) is 21.4 Å². The molecule has 0 aromatic carbocycles. The van der Waals surface area contributed by atoms with E-state index in [1.807, 2.05) is 24.3 Å². The number of fused-ring (bicyclic) bond motifs is 1. The normalized spacial score (nSPS) is 24.2. The van der Waals surface area contributed by atoms with Gasteiger partial charge in [0.1, 0.15) is 0 Å². The molecule has 1 aliphatic carbocycles. The van der Waals surface area contributed by atoms with Gasteiger partial charge in [0.15, 0.2) is 0 Å². The number of aromatic nitrogens is 2. The second kappa shape index (κ2) is 4.09. The third kappa shape index (κ3) is 1.76. The van der Waals surface area contributed by atoms with Gasteiger partial charge in [0, 0.05) is 47.8 Å². The standard InChI is InChI=1S/C15H12N4/c1-5-16-6-2-10(1)14-12-9-13(12)15(19-18-14)11-3-7-17-8-4-11/h1-8,12-13H,9H2. The first-order chi connectivity index (χ1) is 9.43. The van der Waals surface area contributed by atoms with Crippen LogP contribution in [0.3, 0.4) is 0 Å². The van der Waals surface area contributed by atoms with Crippen molar-refractivity contribution in [2.45, 2.75) is 6.42 Å². The van der Waals surface area contributed by atoms with Gasteiger partial charge < -0.3 is 0 Å². The number of rotatable bonds is 2. The molecule has 2 aliphatic rings. The van der Waals surface area contributed by atoms with Crippen LogP contribution < -0.4 is 0 Å². The Morgan fingerprint density at radius 3 is 1.53 bits per heavy atom. The second-order valence-electron chi connectivity index (χ2n) is 4.89. The molecule has 2 atom stereocenters. The summed E-state index contributed by atoms with van der Waals surface area (Å²) in [6.07, 6.45) is 8.35. The monoisotopic (exact) mass is 248 g/mol. The fraction of sp³-hybridized carbons (Fsp3) is 0.200. The van der Waals surface area contributed by atoms with Crippen LogP contribution in [0, 0.1) is 11.8 Å². The van der Waals surface area contributed by atoms with E-state index in [1.165, 1.54) is 0 Å². The van der Waals surface area contributed by atoms with Crippen molar-refractivity contribution >= 4 is 11.4 Å². The third-order valence-corrected chi connectivity index (χ3v) is 3.71. The van der Waals surface area contributed by atoms with Crippen molar-refractivity contribution in [3.63, 3.8) is 0 Å². The molecule has 3 heterocycles. The number of pyridine rings is 2. The average molecular weight is 248 g/mol. The lowest BCUT2D eigenvalue weighted by Crippen LogP contribution is -2.15. The molecule has 0 spiro atoms. The first kappa shape index (κ1) is 10.6. The first-order valence-electron chi connectivity index (χ1n) is 6.40. The number of nitrogens with zero attached hydrogens (tertiary/aromatic N) is 4. The van der Waals surface area contributed by atoms with Crippen LogP contribution in [0.4, 0.5) is 0 Å². The summed E-state index contributed by atoms with van der Waals surface area (Å²) in [5.41, 5.74) is 4.48. The van der Waals surface area contributed by atoms with Crippen LogP contribution >= 0.6 is 0 Å². The Morgan fingerprint density at radius 2 is 1.11 bits per heavy atom. The Hall–Kier alpha value is -2.36. The summed E-state index contributed by atoms with van der Waals surface area (Å²) in [5.74, 6) is 1.03. The molecule has 1 saturated carbocycles. The quantitative estimate of drug-likeness (QED) is 0.819. The molecule has 1 aliphatic heterocycles. The molecule has 19 heavy (non-hydrogen) atoms. The zero-order chi connectivity index (χ0) is 12.7. The van der Waals surface area contributed by atoms with Gasteiger partial charge in [-0.05, 0) is 30.7 Å². The summed E-state index contributed by atoms with van der Waals surface area (Å²) in [7, 11) is 0. The van der Waals surface area contributed by atoms with Crippen LogP contribution in [0.1, 0.15) is 17.5 Å². The maximum absolute atomic E-state index is 4.44. The maximum Gasteiger partial charge on any atom is 0.0741 e. The summed E-state index contributed by atoms with van der Waals surface area (Å²) in [5, 5.41) is 8.87. The lowest BCUT2D eigenvalue weighted by molar-refractivity contribution is 0.997. The van der Waals surface area contributed by atoms with Gasteiger partial charge in [0.25, 0.3) is 0 Å². The molecular formula is C15H12N4. The molecule has 4 rings (SSSR count). The minimum atomic E-state index is 0.517. The first-order valence-corrected chi connectivity index (χ1v) is 6.40. The Labute approximate surface area is 111 Å². The van der Waals surface area contributed by atoms with Crippen molar-refractivity contribution < 1.29 is 0 Å². The Kier molecular flexibility index (Phi) is 2.27. The molecule has 2 unspecified atom stereocenters. The lowest BCUT2D eigenvalue weighted by Gasteiger charge is -2.11. The van der Waals surface area contributed by atoms with Crippen LogP contribution in [0.5, 0.6) is 0 Å². The zero-order valence-corrected chi connectivity index (χ0v) is 10.3. The Bertz CT molecular complexity index is 602. The summed E-state index contributed by atoms with van der Waals surface area (Å²) in [6.45, 7) is 0. The predicted molar refractivity (Wildman–Crippen MR) is 73.1 cm³/mol. The van der Waals surface area contributed by atoms with Crippen LogP contribution in [0.15, 0.2) is 59.3 Å². The van der Waals surface area contributed by atoms with Crippen molar-refractivity contribution in [3.8, 4) is 0 Å². The molecular weight excluding hydrogens is 236 g/mol. The predicted octanol–water partition coefficient (Wildman–Crippen LogP) is 2.32. The molecule has 2 aromatic rings. The molecule has 2 aromatic heterocycles. The van der Waals surface area contributed by atoms with E-state index in [1.54, 1.807) is 24.8 Å². The third-order valence-electron chi connectivity index (χ3n) is 3.71. The number of hydrogen-bond donors (Lipinski definition) is 0. The summed E-state index contributed by atoms with van der Waals surface area (Å²) < 4.78 is 0. The highest BCUT2D eigenvalue weighted by Gasteiger charge is 2.47. The highest BCUT2D eigenvalue weighted by Crippen LogP contribution is 2.46. The van der Waals surface area contributed by atoms with E-state index >= 15 is 0 Å². The number of hydrogen-bond acceptors (Lipinski definition) is 4. The minimum Gasteiger partial charge on any atom is -0.265 e. The van der Waals surface area contributed by atoms with Crippen molar-refractivity contribution in [2.24, 2.45) is 22.0 Å². The SMILES string of the molecule is c1cc(C2=NN=C(c3ccncc3)C3CC23)ccn1. The molecule has 0 saturated heterocycles. The van der Waals surface area contributed by atoms with Gasteiger partial charge in [-0.25, -0.2) is 0 Å². The largest absolute Gasteiger partial charge is 0.265 e. The van der Waals surface area contributed by atoms with E-state index in [2.05, 4.69) is 20.2 Å². The van der Waals surface area contributed by atoms with Crippen molar-refractivity contribution in [1.82, 2.24) is 9.97 Å². The van der Waals surface area contributed by atoms with Gasteiger partial charge >= 0.3 is 0 Å². The van der Waals surface area contributed by atoms with E-state index in [0.717, 1.165) is 29.0 Å². The van der Waals surface area contributed by atoms with E-state index in [0.29, 0.717) is 11.8 Å². The molecule has 4 nitrogen and oxygen atoms in total.